The van der Waals surface area contributed by atoms with Gasteiger partial charge >= 0.3 is 5.97 Å². The minimum Gasteiger partial charge on any atom is -0.465 e. The van der Waals surface area contributed by atoms with Crippen molar-refractivity contribution in [3.8, 4) is 0 Å². The highest BCUT2D eigenvalue weighted by Gasteiger charge is 2.16. The van der Waals surface area contributed by atoms with E-state index in [0.29, 0.717) is 6.61 Å². The molecule has 3 nitrogen and oxygen atoms in total. The van der Waals surface area contributed by atoms with E-state index in [-0.39, 0.29) is 18.1 Å². The van der Waals surface area contributed by atoms with Crippen molar-refractivity contribution in [1.29, 1.82) is 0 Å². The van der Waals surface area contributed by atoms with Crippen LogP contribution in [0.2, 0.25) is 0 Å². The molecule has 0 bridgehead atoms. The summed E-state index contributed by atoms with van der Waals surface area (Å²) in [5.74, 6) is -0.197. The van der Waals surface area contributed by atoms with E-state index in [1.807, 2.05) is 13.8 Å². The van der Waals surface area contributed by atoms with Crippen molar-refractivity contribution in [2.75, 3.05) is 6.61 Å². The minimum atomic E-state index is -0.287. The summed E-state index contributed by atoms with van der Waals surface area (Å²) in [5.41, 5.74) is 2.55. The molecule has 0 saturated heterocycles. The van der Waals surface area contributed by atoms with Crippen molar-refractivity contribution < 1.29 is 9.53 Å². The molecular weight excluding hydrogens is 238 g/mol. The molecule has 0 saturated carbocycles. The molecule has 0 aliphatic heterocycles. The van der Waals surface area contributed by atoms with E-state index in [1.54, 1.807) is 0 Å². The number of esters is 1. The summed E-state index contributed by atoms with van der Waals surface area (Å²) >= 11 is 0. The van der Waals surface area contributed by atoms with Crippen LogP contribution in [0.1, 0.15) is 51.3 Å². The lowest BCUT2D eigenvalue weighted by atomic mass is 10.0. The van der Waals surface area contributed by atoms with E-state index in [2.05, 4.69) is 43.4 Å². The molecule has 106 valence electrons. The summed E-state index contributed by atoms with van der Waals surface area (Å²) in [6.45, 7) is 8.31. The average Bonchev–Trinajstić information content (AvgIpc) is 2.40. The van der Waals surface area contributed by atoms with Gasteiger partial charge in [-0.2, -0.15) is 0 Å². The summed E-state index contributed by atoms with van der Waals surface area (Å²) < 4.78 is 4.99. The van der Waals surface area contributed by atoms with Gasteiger partial charge in [0.2, 0.25) is 0 Å². The molecule has 1 aromatic carbocycles. The van der Waals surface area contributed by atoms with Crippen molar-refractivity contribution in [2.24, 2.45) is 0 Å². The predicted octanol–water partition coefficient (Wildman–Crippen LogP) is 3.24. The van der Waals surface area contributed by atoms with E-state index in [0.717, 1.165) is 12.8 Å². The summed E-state index contributed by atoms with van der Waals surface area (Å²) in [5, 5.41) is 3.26. The SMILES string of the molecule is CCCc1ccc(C(C)NC(C)C(=O)OCC)cc1. The van der Waals surface area contributed by atoms with E-state index in [1.165, 1.54) is 11.1 Å². The maximum Gasteiger partial charge on any atom is 0.322 e. The second-order valence-corrected chi connectivity index (χ2v) is 4.85. The molecule has 1 N–H and O–H groups in total. The lowest BCUT2D eigenvalue weighted by molar-refractivity contribution is -0.145. The van der Waals surface area contributed by atoms with Gasteiger partial charge in [0.15, 0.2) is 0 Å². The average molecular weight is 263 g/mol. The number of ether oxygens (including phenoxy) is 1. The van der Waals surface area contributed by atoms with Crippen molar-refractivity contribution in [2.45, 2.75) is 52.6 Å². The molecule has 0 aromatic heterocycles. The van der Waals surface area contributed by atoms with Crippen LogP contribution >= 0.6 is 0 Å². The summed E-state index contributed by atoms with van der Waals surface area (Å²) in [7, 11) is 0. The second kappa shape index (κ2) is 7.95. The molecule has 0 amide bonds. The topological polar surface area (TPSA) is 38.3 Å². The smallest absolute Gasteiger partial charge is 0.322 e. The van der Waals surface area contributed by atoms with Gasteiger partial charge in [0.25, 0.3) is 0 Å². The van der Waals surface area contributed by atoms with Crippen LogP contribution < -0.4 is 5.32 Å². The van der Waals surface area contributed by atoms with Gasteiger partial charge in [0.05, 0.1) is 6.61 Å². The highest BCUT2D eigenvalue weighted by atomic mass is 16.5. The zero-order chi connectivity index (χ0) is 14.3. The molecule has 1 aromatic rings. The van der Waals surface area contributed by atoms with Crippen LogP contribution in [0.4, 0.5) is 0 Å². The van der Waals surface area contributed by atoms with Crippen molar-refractivity contribution >= 4 is 5.97 Å². The Morgan fingerprint density at radius 3 is 2.37 bits per heavy atom. The Morgan fingerprint density at radius 2 is 1.84 bits per heavy atom. The maximum absolute atomic E-state index is 11.6. The van der Waals surface area contributed by atoms with Crippen LogP contribution in [0.5, 0.6) is 0 Å². The molecule has 0 spiro atoms. The third kappa shape index (κ3) is 5.03. The van der Waals surface area contributed by atoms with Gasteiger partial charge in [0, 0.05) is 6.04 Å². The number of carbonyl (C=O) groups is 1. The molecular formula is C16H25NO2. The first kappa shape index (κ1) is 15.7. The standard InChI is InChI=1S/C16H25NO2/c1-5-7-14-8-10-15(11-9-14)12(3)17-13(4)16(18)19-6-2/h8-13,17H,5-7H2,1-4H3. The van der Waals surface area contributed by atoms with Gasteiger partial charge < -0.3 is 4.74 Å². The van der Waals surface area contributed by atoms with Crippen molar-refractivity contribution in [3.05, 3.63) is 35.4 Å². The molecule has 0 aliphatic rings. The fraction of sp³-hybridized carbons (Fsp3) is 0.562. The Labute approximate surface area is 116 Å². The Balaban J connectivity index is 2.57. The monoisotopic (exact) mass is 263 g/mol. The number of benzene rings is 1. The largest absolute Gasteiger partial charge is 0.465 e. The first-order valence-electron chi connectivity index (χ1n) is 7.10. The van der Waals surface area contributed by atoms with Crippen LogP contribution in [-0.4, -0.2) is 18.6 Å². The number of hydrogen-bond donors (Lipinski definition) is 1. The van der Waals surface area contributed by atoms with Crippen LogP contribution in [0.3, 0.4) is 0 Å². The number of aryl methyl sites for hydroxylation is 1. The van der Waals surface area contributed by atoms with E-state index < -0.39 is 0 Å². The second-order valence-electron chi connectivity index (χ2n) is 4.85. The third-order valence-corrected chi connectivity index (χ3v) is 3.16. The maximum atomic E-state index is 11.6. The normalized spacial score (nSPS) is 13.9. The molecule has 0 aliphatic carbocycles. The fourth-order valence-electron chi connectivity index (χ4n) is 2.07. The molecule has 0 fully saturated rings. The van der Waals surface area contributed by atoms with Gasteiger partial charge in [0.1, 0.15) is 6.04 Å². The predicted molar refractivity (Wildman–Crippen MR) is 78.1 cm³/mol. The fourth-order valence-corrected chi connectivity index (χ4v) is 2.07. The number of hydrogen-bond acceptors (Lipinski definition) is 3. The Kier molecular flexibility index (Phi) is 6.57. The van der Waals surface area contributed by atoms with Gasteiger partial charge in [-0.25, -0.2) is 0 Å². The summed E-state index contributed by atoms with van der Waals surface area (Å²) in [4.78, 5) is 11.6. The van der Waals surface area contributed by atoms with Gasteiger partial charge in [-0.15, -0.1) is 0 Å². The third-order valence-electron chi connectivity index (χ3n) is 3.16. The van der Waals surface area contributed by atoms with E-state index in [4.69, 9.17) is 4.74 Å². The van der Waals surface area contributed by atoms with Crippen LogP contribution in [0.25, 0.3) is 0 Å². The molecule has 1 rings (SSSR count). The first-order chi connectivity index (χ1) is 9.08. The first-order valence-corrected chi connectivity index (χ1v) is 7.10. The summed E-state index contributed by atoms with van der Waals surface area (Å²) in [6.07, 6.45) is 2.27. The number of carbonyl (C=O) groups excluding carboxylic acids is 1. The molecule has 2 unspecified atom stereocenters. The van der Waals surface area contributed by atoms with Crippen LogP contribution in [-0.2, 0) is 16.0 Å². The Morgan fingerprint density at radius 1 is 1.21 bits per heavy atom. The quantitative estimate of drug-likeness (QED) is 0.767. The Hall–Kier alpha value is -1.35. The van der Waals surface area contributed by atoms with E-state index >= 15 is 0 Å². The number of rotatable bonds is 7. The molecule has 0 radical (unpaired) electrons. The molecule has 0 heterocycles. The van der Waals surface area contributed by atoms with Gasteiger partial charge in [-0.05, 0) is 38.3 Å². The molecule has 3 heteroatoms. The van der Waals surface area contributed by atoms with Crippen molar-refractivity contribution in [3.63, 3.8) is 0 Å². The minimum absolute atomic E-state index is 0.134. The van der Waals surface area contributed by atoms with Crippen LogP contribution in [0.15, 0.2) is 24.3 Å². The van der Waals surface area contributed by atoms with Gasteiger partial charge in [-0.1, -0.05) is 37.6 Å². The lowest BCUT2D eigenvalue weighted by Crippen LogP contribution is -2.37. The highest BCUT2D eigenvalue weighted by Crippen LogP contribution is 2.15. The number of nitrogens with one attached hydrogen (secondary N) is 1. The summed E-state index contributed by atoms with van der Waals surface area (Å²) in [6, 6.07) is 8.42. The highest BCUT2D eigenvalue weighted by molar-refractivity contribution is 5.75. The lowest BCUT2D eigenvalue weighted by Gasteiger charge is -2.19. The Bertz CT molecular complexity index is 386. The zero-order valence-electron chi connectivity index (χ0n) is 12.4. The van der Waals surface area contributed by atoms with Gasteiger partial charge in [-0.3, -0.25) is 10.1 Å². The van der Waals surface area contributed by atoms with Crippen molar-refractivity contribution in [1.82, 2.24) is 5.32 Å². The molecule has 19 heavy (non-hydrogen) atoms. The van der Waals surface area contributed by atoms with Crippen LogP contribution in [0, 0.1) is 0 Å². The zero-order valence-corrected chi connectivity index (χ0v) is 12.4. The molecule has 2 atom stereocenters. The van der Waals surface area contributed by atoms with E-state index in [9.17, 15) is 4.79 Å².